The van der Waals surface area contributed by atoms with Gasteiger partial charge in [0.1, 0.15) is 11.9 Å². The fourth-order valence-electron chi connectivity index (χ4n) is 1.95. The topological polar surface area (TPSA) is 87.0 Å². The summed E-state index contributed by atoms with van der Waals surface area (Å²) in [7, 11) is 0. The van der Waals surface area contributed by atoms with Crippen LogP contribution in [-0.4, -0.2) is 34.0 Å². The van der Waals surface area contributed by atoms with Crippen LogP contribution in [0.25, 0.3) is 5.57 Å². The van der Waals surface area contributed by atoms with E-state index < -0.39 is 17.8 Å². The molecule has 5 heteroatoms. The van der Waals surface area contributed by atoms with Crippen molar-refractivity contribution in [2.45, 2.75) is 18.9 Å². The second kappa shape index (κ2) is 5.10. The number of aliphatic hydroxyl groups excluding tert-OH is 2. The summed E-state index contributed by atoms with van der Waals surface area (Å²) in [6, 6.07) is 6.16. The molecule has 0 aliphatic carbocycles. The Morgan fingerprint density at radius 1 is 1.17 bits per heavy atom. The third-order valence-electron chi connectivity index (χ3n) is 2.82. The highest BCUT2D eigenvalue weighted by atomic mass is 16.6. The summed E-state index contributed by atoms with van der Waals surface area (Å²) in [5, 5.41) is 27.7. The fraction of sp³-hybridized carbons (Fsp3) is 0.308. The number of hydrogen-bond acceptors (Lipinski definition) is 5. The van der Waals surface area contributed by atoms with Gasteiger partial charge < -0.3 is 20.1 Å². The zero-order chi connectivity index (χ0) is 13.1. The number of aromatic hydroxyl groups is 1. The molecule has 0 amide bonds. The van der Waals surface area contributed by atoms with E-state index in [1.807, 2.05) is 0 Å². The van der Waals surface area contributed by atoms with Crippen molar-refractivity contribution < 1.29 is 24.9 Å². The van der Waals surface area contributed by atoms with E-state index in [9.17, 15) is 15.0 Å². The first-order chi connectivity index (χ1) is 8.63. The van der Waals surface area contributed by atoms with E-state index in [2.05, 4.69) is 0 Å². The molecule has 2 rings (SSSR count). The molecule has 0 bridgehead atoms. The molecular formula is C13H14O5. The largest absolute Gasteiger partial charge is 0.508 e. The first-order valence-electron chi connectivity index (χ1n) is 5.68. The summed E-state index contributed by atoms with van der Waals surface area (Å²) >= 11 is 0. The Balaban J connectivity index is 2.31. The average molecular weight is 250 g/mol. The second-order valence-electron chi connectivity index (χ2n) is 4.07. The van der Waals surface area contributed by atoms with E-state index in [-0.39, 0.29) is 12.4 Å². The fourth-order valence-corrected chi connectivity index (χ4v) is 1.95. The van der Waals surface area contributed by atoms with Gasteiger partial charge in [0.25, 0.3) is 0 Å². The highest BCUT2D eigenvalue weighted by Gasteiger charge is 2.34. The molecule has 1 heterocycles. The number of aliphatic hydroxyl groups is 2. The molecule has 18 heavy (non-hydrogen) atoms. The van der Waals surface area contributed by atoms with Crippen molar-refractivity contribution in [1.29, 1.82) is 0 Å². The predicted octanol–water partition coefficient (Wildman–Crippen LogP) is 1.36. The SMILES string of the molecule is O=C1OC(CCCO)C(c2ccc(O)cc2)=C1O. The minimum absolute atomic E-state index is 0.00231. The zero-order valence-corrected chi connectivity index (χ0v) is 9.67. The van der Waals surface area contributed by atoms with Crippen molar-refractivity contribution in [3.8, 4) is 5.75 Å². The Morgan fingerprint density at radius 2 is 1.83 bits per heavy atom. The van der Waals surface area contributed by atoms with Crippen LogP contribution in [0.4, 0.5) is 0 Å². The van der Waals surface area contributed by atoms with Gasteiger partial charge in [-0.2, -0.15) is 0 Å². The maximum Gasteiger partial charge on any atom is 0.374 e. The lowest BCUT2D eigenvalue weighted by Gasteiger charge is -2.13. The van der Waals surface area contributed by atoms with Crippen molar-refractivity contribution >= 4 is 11.5 Å². The highest BCUT2D eigenvalue weighted by Crippen LogP contribution is 2.33. The monoisotopic (exact) mass is 250 g/mol. The molecular weight excluding hydrogens is 236 g/mol. The van der Waals surface area contributed by atoms with Gasteiger partial charge in [0.15, 0.2) is 0 Å². The van der Waals surface area contributed by atoms with Crippen molar-refractivity contribution in [2.24, 2.45) is 0 Å². The molecule has 1 aromatic carbocycles. The summed E-state index contributed by atoms with van der Waals surface area (Å²) in [5.74, 6) is -1.04. The summed E-state index contributed by atoms with van der Waals surface area (Å²) in [5.41, 5.74) is 1.03. The average Bonchev–Trinajstić information content (AvgIpc) is 2.64. The van der Waals surface area contributed by atoms with E-state index in [0.29, 0.717) is 24.0 Å². The number of cyclic esters (lactones) is 1. The van der Waals surface area contributed by atoms with Crippen molar-refractivity contribution in [3.63, 3.8) is 0 Å². The molecule has 0 saturated carbocycles. The number of phenols is 1. The van der Waals surface area contributed by atoms with Gasteiger partial charge in [0.05, 0.1) is 0 Å². The molecule has 0 radical (unpaired) electrons. The van der Waals surface area contributed by atoms with Crippen molar-refractivity contribution in [1.82, 2.24) is 0 Å². The van der Waals surface area contributed by atoms with Crippen LogP contribution >= 0.6 is 0 Å². The Labute approximate surface area is 104 Å². The van der Waals surface area contributed by atoms with E-state index >= 15 is 0 Å². The number of rotatable bonds is 4. The third kappa shape index (κ3) is 2.31. The highest BCUT2D eigenvalue weighted by molar-refractivity contribution is 6.00. The Morgan fingerprint density at radius 3 is 2.44 bits per heavy atom. The molecule has 0 spiro atoms. The lowest BCUT2D eigenvalue weighted by Crippen LogP contribution is -2.11. The maximum atomic E-state index is 11.4. The van der Waals surface area contributed by atoms with Crippen LogP contribution in [0, 0.1) is 0 Å². The van der Waals surface area contributed by atoms with E-state index in [1.165, 1.54) is 12.1 Å². The number of phenolic OH excluding ortho intramolecular Hbond substituents is 1. The number of ether oxygens (including phenoxy) is 1. The first kappa shape index (κ1) is 12.4. The third-order valence-corrected chi connectivity index (χ3v) is 2.82. The molecule has 96 valence electrons. The smallest absolute Gasteiger partial charge is 0.374 e. The molecule has 1 unspecified atom stereocenters. The van der Waals surface area contributed by atoms with Gasteiger partial charge in [-0.15, -0.1) is 0 Å². The summed E-state index contributed by atoms with van der Waals surface area (Å²) in [6.45, 7) is -0.00231. The normalized spacial score (nSPS) is 19.2. The van der Waals surface area contributed by atoms with Crippen LogP contribution < -0.4 is 0 Å². The van der Waals surface area contributed by atoms with Gasteiger partial charge in [0.2, 0.25) is 5.76 Å². The van der Waals surface area contributed by atoms with Crippen LogP contribution in [0.3, 0.4) is 0 Å². The Bertz CT molecular complexity index is 475. The molecule has 1 aliphatic rings. The zero-order valence-electron chi connectivity index (χ0n) is 9.67. The summed E-state index contributed by atoms with van der Waals surface area (Å²) in [6.07, 6.45) is 0.379. The molecule has 0 saturated heterocycles. The minimum Gasteiger partial charge on any atom is -0.508 e. The van der Waals surface area contributed by atoms with Crippen LogP contribution in [-0.2, 0) is 9.53 Å². The van der Waals surface area contributed by atoms with E-state index in [4.69, 9.17) is 9.84 Å². The van der Waals surface area contributed by atoms with Crippen LogP contribution in [0.2, 0.25) is 0 Å². The molecule has 1 atom stereocenters. The minimum atomic E-state index is -0.749. The lowest BCUT2D eigenvalue weighted by atomic mass is 9.97. The van der Waals surface area contributed by atoms with E-state index in [1.54, 1.807) is 12.1 Å². The second-order valence-corrected chi connectivity index (χ2v) is 4.07. The summed E-state index contributed by atoms with van der Waals surface area (Å²) < 4.78 is 5.04. The van der Waals surface area contributed by atoms with Gasteiger partial charge in [-0.3, -0.25) is 0 Å². The van der Waals surface area contributed by atoms with Crippen molar-refractivity contribution in [3.05, 3.63) is 35.6 Å². The Kier molecular flexibility index (Phi) is 3.53. The number of carbonyl (C=O) groups is 1. The molecule has 3 N–H and O–H groups in total. The lowest BCUT2D eigenvalue weighted by molar-refractivity contribution is -0.142. The van der Waals surface area contributed by atoms with Crippen LogP contribution in [0.5, 0.6) is 5.75 Å². The maximum absolute atomic E-state index is 11.4. The number of carbonyl (C=O) groups excluding carboxylic acids is 1. The molecule has 1 aliphatic heterocycles. The number of benzene rings is 1. The van der Waals surface area contributed by atoms with Gasteiger partial charge in [-0.25, -0.2) is 4.79 Å². The van der Waals surface area contributed by atoms with Crippen LogP contribution in [0.1, 0.15) is 18.4 Å². The van der Waals surface area contributed by atoms with Gasteiger partial charge >= 0.3 is 5.97 Å². The van der Waals surface area contributed by atoms with Gasteiger partial charge in [-0.05, 0) is 30.5 Å². The Hall–Kier alpha value is -2.01. The quantitative estimate of drug-likeness (QED) is 0.702. The number of hydrogen-bond donors (Lipinski definition) is 3. The van der Waals surface area contributed by atoms with Crippen LogP contribution in [0.15, 0.2) is 30.0 Å². The molecule has 5 nitrogen and oxygen atoms in total. The molecule has 1 aromatic rings. The predicted molar refractivity (Wildman–Crippen MR) is 63.9 cm³/mol. The molecule has 0 aromatic heterocycles. The van der Waals surface area contributed by atoms with Gasteiger partial charge in [-0.1, -0.05) is 12.1 Å². The van der Waals surface area contributed by atoms with Gasteiger partial charge in [0, 0.05) is 12.2 Å². The first-order valence-corrected chi connectivity index (χ1v) is 5.68. The van der Waals surface area contributed by atoms with Crippen molar-refractivity contribution in [2.75, 3.05) is 6.61 Å². The number of esters is 1. The van der Waals surface area contributed by atoms with E-state index in [0.717, 1.165) is 0 Å². The standard InChI is InChI=1S/C13H14O5/c14-7-1-2-10-11(12(16)13(17)18-10)8-3-5-9(15)6-4-8/h3-6,10,14-16H,1-2,7H2. The summed E-state index contributed by atoms with van der Waals surface area (Å²) in [4.78, 5) is 11.4. The molecule has 0 fully saturated rings.